The minimum atomic E-state index is -0.564. The number of nitrogens with one attached hydrogen (secondary N) is 1. The number of hydrogen-bond donors (Lipinski definition) is 3. The van der Waals surface area contributed by atoms with E-state index in [0.717, 1.165) is 10.0 Å². The first-order valence-corrected chi connectivity index (χ1v) is 8.54. The molecule has 128 valence electrons. The third-order valence-electron chi connectivity index (χ3n) is 2.62. The molecule has 0 bridgehead atoms. The highest BCUT2D eigenvalue weighted by molar-refractivity contribution is 9.10. The summed E-state index contributed by atoms with van der Waals surface area (Å²) in [6.07, 6.45) is 1.60. The zero-order chi connectivity index (χ0) is 17.5. The summed E-state index contributed by atoms with van der Waals surface area (Å²) in [6.45, 7) is 2.07. The number of amides is 1. The standard InChI is InChI=1S/C14H16BrN5O3S/c1-2-22-10-3-8(5-18-20-14-19-12(16)7-24-14)9(15)4-11(10)23-6-13(17)21/h3-5,7H,2,6,16H2,1H3,(H2,17,21)(H,19,20). The molecule has 10 heteroatoms. The molecule has 5 N–H and O–H groups in total. The number of rotatable bonds is 8. The van der Waals surface area contributed by atoms with Crippen molar-refractivity contribution in [3.05, 3.63) is 27.5 Å². The molecule has 1 amide bonds. The highest BCUT2D eigenvalue weighted by Crippen LogP contribution is 2.33. The lowest BCUT2D eigenvalue weighted by molar-refractivity contribution is -0.119. The Bertz CT molecular complexity index is 750. The molecule has 24 heavy (non-hydrogen) atoms. The lowest BCUT2D eigenvalue weighted by Crippen LogP contribution is -2.20. The summed E-state index contributed by atoms with van der Waals surface area (Å²) >= 11 is 4.78. The van der Waals surface area contributed by atoms with E-state index in [1.165, 1.54) is 11.3 Å². The van der Waals surface area contributed by atoms with Gasteiger partial charge in [0, 0.05) is 15.4 Å². The van der Waals surface area contributed by atoms with Crippen LogP contribution in [0.25, 0.3) is 0 Å². The number of nitrogens with zero attached hydrogens (tertiary/aromatic N) is 2. The third-order valence-corrected chi connectivity index (χ3v) is 4.07. The number of thiazole rings is 1. The number of carbonyl (C=O) groups excluding carboxylic acids is 1. The number of hydrogen-bond acceptors (Lipinski definition) is 8. The highest BCUT2D eigenvalue weighted by atomic mass is 79.9. The van der Waals surface area contributed by atoms with Crippen LogP contribution in [0.2, 0.25) is 0 Å². The third kappa shape index (κ3) is 5.10. The second-order valence-corrected chi connectivity index (χ2v) is 6.17. The maximum Gasteiger partial charge on any atom is 0.255 e. The fourth-order valence-electron chi connectivity index (χ4n) is 1.67. The first-order chi connectivity index (χ1) is 11.5. The van der Waals surface area contributed by atoms with Gasteiger partial charge in [-0.1, -0.05) is 0 Å². The molecular formula is C14H16BrN5O3S. The number of anilines is 2. The summed E-state index contributed by atoms with van der Waals surface area (Å²) in [6, 6.07) is 3.43. The second-order valence-electron chi connectivity index (χ2n) is 4.46. The lowest BCUT2D eigenvalue weighted by atomic mass is 10.2. The summed E-state index contributed by atoms with van der Waals surface area (Å²) in [5, 5.41) is 6.41. The zero-order valence-corrected chi connectivity index (χ0v) is 15.2. The molecule has 0 aliphatic carbocycles. The van der Waals surface area contributed by atoms with E-state index in [-0.39, 0.29) is 6.61 Å². The molecule has 0 unspecified atom stereocenters. The van der Waals surface area contributed by atoms with Gasteiger partial charge in [0.15, 0.2) is 18.1 Å². The summed E-state index contributed by atoms with van der Waals surface area (Å²) < 4.78 is 11.6. The van der Waals surface area contributed by atoms with Crippen LogP contribution in [0.3, 0.4) is 0 Å². The molecule has 1 aromatic heterocycles. The second kappa shape index (κ2) is 8.50. The van der Waals surface area contributed by atoms with Crippen molar-refractivity contribution in [1.29, 1.82) is 0 Å². The van der Waals surface area contributed by atoms with Gasteiger partial charge >= 0.3 is 0 Å². The van der Waals surface area contributed by atoms with Crippen molar-refractivity contribution < 1.29 is 14.3 Å². The number of nitrogens with two attached hydrogens (primary N) is 2. The van der Waals surface area contributed by atoms with Gasteiger partial charge in [-0.15, -0.1) is 11.3 Å². The zero-order valence-electron chi connectivity index (χ0n) is 12.8. The predicted octanol–water partition coefficient (Wildman–Crippen LogP) is 2.20. The SMILES string of the molecule is CCOc1cc(C=NNc2nc(N)cs2)c(Br)cc1OCC(N)=O. The van der Waals surface area contributed by atoms with Gasteiger partial charge < -0.3 is 20.9 Å². The summed E-state index contributed by atoms with van der Waals surface area (Å²) in [5.74, 6) is 0.779. The molecule has 1 aromatic carbocycles. The molecular weight excluding hydrogens is 398 g/mol. The molecule has 0 saturated carbocycles. The van der Waals surface area contributed by atoms with Crippen molar-refractivity contribution in [2.45, 2.75) is 6.92 Å². The van der Waals surface area contributed by atoms with E-state index in [2.05, 4.69) is 31.4 Å². The Morgan fingerprint density at radius 1 is 1.46 bits per heavy atom. The number of carbonyl (C=O) groups is 1. The van der Waals surface area contributed by atoms with Gasteiger partial charge in [-0.2, -0.15) is 5.10 Å². The number of ether oxygens (including phenoxy) is 2. The topological polar surface area (TPSA) is 125 Å². The molecule has 2 rings (SSSR count). The van der Waals surface area contributed by atoms with Gasteiger partial charge in [0.25, 0.3) is 5.91 Å². The number of halogens is 1. The Kier molecular flexibility index (Phi) is 6.38. The van der Waals surface area contributed by atoms with Crippen LogP contribution in [0, 0.1) is 0 Å². The van der Waals surface area contributed by atoms with Crippen LogP contribution >= 0.6 is 27.3 Å². The van der Waals surface area contributed by atoms with Crippen molar-refractivity contribution in [3.8, 4) is 11.5 Å². The van der Waals surface area contributed by atoms with Gasteiger partial charge in [0.1, 0.15) is 5.82 Å². The normalized spacial score (nSPS) is 10.8. The molecule has 0 fully saturated rings. The Balaban J connectivity index is 2.16. The summed E-state index contributed by atoms with van der Waals surface area (Å²) in [4.78, 5) is 14.9. The van der Waals surface area contributed by atoms with Gasteiger partial charge in [-0.25, -0.2) is 4.98 Å². The monoisotopic (exact) mass is 413 g/mol. The van der Waals surface area contributed by atoms with Crippen molar-refractivity contribution in [3.63, 3.8) is 0 Å². The molecule has 0 saturated heterocycles. The van der Waals surface area contributed by atoms with Gasteiger partial charge in [-0.05, 0) is 35.0 Å². The Morgan fingerprint density at radius 3 is 2.83 bits per heavy atom. The van der Waals surface area contributed by atoms with E-state index < -0.39 is 5.91 Å². The lowest BCUT2D eigenvalue weighted by Gasteiger charge is -2.12. The van der Waals surface area contributed by atoms with E-state index in [0.29, 0.717) is 29.1 Å². The van der Waals surface area contributed by atoms with Crippen LogP contribution in [0.15, 0.2) is 27.1 Å². The smallest absolute Gasteiger partial charge is 0.255 e. The van der Waals surface area contributed by atoms with Crippen molar-refractivity contribution in [2.24, 2.45) is 10.8 Å². The maximum absolute atomic E-state index is 10.9. The van der Waals surface area contributed by atoms with E-state index in [4.69, 9.17) is 20.9 Å². The number of hydrazone groups is 1. The summed E-state index contributed by atoms with van der Waals surface area (Å²) in [5.41, 5.74) is 14.2. The first-order valence-electron chi connectivity index (χ1n) is 6.87. The van der Waals surface area contributed by atoms with E-state index in [9.17, 15) is 4.79 Å². The average molecular weight is 414 g/mol. The minimum Gasteiger partial charge on any atom is -0.490 e. The number of aromatic nitrogens is 1. The maximum atomic E-state index is 10.9. The Morgan fingerprint density at radius 2 is 2.21 bits per heavy atom. The molecule has 0 aliphatic rings. The molecule has 0 spiro atoms. The predicted molar refractivity (Wildman–Crippen MR) is 97.7 cm³/mol. The number of nitrogen functional groups attached to an aromatic ring is 1. The van der Waals surface area contributed by atoms with Crippen molar-refractivity contribution >= 4 is 50.3 Å². The fraction of sp³-hybridized carbons (Fsp3) is 0.214. The highest BCUT2D eigenvalue weighted by Gasteiger charge is 2.11. The number of benzene rings is 1. The molecule has 8 nitrogen and oxygen atoms in total. The number of primary amides is 1. The Labute approximate surface area is 151 Å². The van der Waals surface area contributed by atoms with E-state index >= 15 is 0 Å². The quantitative estimate of drug-likeness (QED) is 0.449. The van der Waals surface area contributed by atoms with E-state index in [1.807, 2.05) is 6.92 Å². The van der Waals surface area contributed by atoms with Gasteiger partial charge in [-0.3, -0.25) is 10.2 Å². The van der Waals surface area contributed by atoms with Crippen LogP contribution in [-0.2, 0) is 4.79 Å². The molecule has 1 heterocycles. The molecule has 0 aliphatic heterocycles. The van der Waals surface area contributed by atoms with Gasteiger partial charge in [0.05, 0.1) is 12.8 Å². The van der Waals surface area contributed by atoms with Crippen LogP contribution < -0.4 is 26.4 Å². The van der Waals surface area contributed by atoms with Crippen LogP contribution in [-0.4, -0.2) is 30.3 Å². The van der Waals surface area contributed by atoms with E-state index in [1.54, 1.807) is 23.7 Å². The largest absolute Gasteiger partial charge is 0.490 e. The average Bonchev–Trinajstić information content (AvgIpc) is 2.94. The Hall–Kier alpha value is -2.33. The summed E-state index contributed by atoms with van der Waals surface area (Å²) in [7, 11) is 0. The van der Waals surface area contributed by atoms with Gasteiger partial charge in [0.2, 0.25) is 5.13 Å². The molecule has 0 radical (unpaired) electrons. The minimum absolute atomic E-state index is 0.229. The first kappa shape index (κ1) is 18.0. The molecule has 2 aromatic rings. The van der Waals surface area contributed by atoms with Crippen LogP contribution in [0.5, 0.6) is 11.5 Å². The van der Waals surface area contributed by atoms with Crippen LogP contribution in [0.1, 0.15) is 12.5 Å². The molecule has 0 atom stereocenters. The van der Waals surface area contributed by atoms with Crippen molar-refractivity contribution in [1.82, 2.24) is 4.98 Å². The fourth-order valence-corrected chi connectivity index (χ4v) is 2.65. The van der Waals surface area contributed by atoms with Crippen molar-refractivity contribution in [2.75, 3.05) is 24.4 Å². The van der Waals surface area contributed by atoms with Crippen LogP contribution in [0.4, 0.5) is 10.9 Å².